The Kier molecular flexibility index (Phi) is 5.36. The zero-order valence-corrected chi connectivity index (χ0v) is 13.6. The van der Waals surface area contributed by atoms with Crippen molar-refractivity contribution in [2.75, 3.05) is 12.1 Å². The molecule has 0 radical (unpaired) electrons. The number of anilines is 1. The van der Waals surface area contributed by atoms with Gasteiger partial charge in [0.15, 0.2) is 0 Å². The monoisotopic (exact) mass is 311 g/mol. The Hall–Kier alpha value is -2.82. The van der Waals surface area contributed by atoms with Gasteiger partial charge in [-0.2, -0.15) is 0 Å². The van der Waals surface area contributed by atoms with Gasteiger partial charge in [0, 0.05) is 13.6 Å². The first-order valence-electron chi connectivity index (χ1n) is 7.38. The summed E-state index contributed by atoms with van der Waals surface area (Å²) in [4.78, 5) is 25.1. The first kappa shape index (κ1) is 16.5. The molecule has 120 valence electrons. The van der Waals surface area contributed by atoms with E-state index in [4.69, 9.17) is 0 Å². The lowest BCUT2D eigenvalue weighted by Crippen LogP contribution is -2.47. The van der Waals surface area contributed by atoms with Crippen molar-refractivity contribution in [2.45, 2.75) is 20.4 Å². The van der Waals surface area contributed by atoms with Crippen LogP contribution in [0.15, 0.2) is 48.5 Å². The predicted molar refractivity (Wildman–Crippen MR) is 90.9 cm³/mol. The van der Waals surface area contributed by atoms with Gasteiger partial charge in [-0.05, 0) is 42.7 Å². The number of benzene rings is 2. The number of nitrogens with zero attached hydrogens (tertiary/aromatic N) is 2. The van der Waals surface area contributed by atoms with Gasteiger partial charge in [-0.1, -0.05) is 36.4 Å². The van der Waals surface area contributed by atoms with Crippen molar-refractivity contribution in [1.29, 1.82) is 0 Å². The van der Waals surface area contributed by atoms with Gasteiger partial charge in [-0.15, -0.1) is 0 Å². The molecule has 2 aromatic carbocycles. The molecule has 0 aliphatic rings. The summed E-state index contributed by atoms with van der Waals surface area (Å²) >= 11 is 0. The summed E-state index contributed by atoms with van der Waals surface area (Å²) in [5.74, 6) is 0. The third-order valence-electron chi connectivity index (χ3n) is 3.42. The van der Waals surface area contributed by atoms with Gasteiger partial charge in [0.1, 0.15) is 0 Å². The van der Waals surface area contributed by atoms with Crippen LogP contribution in [0.4, 0.5) is 10.5 Å². The number of hydrogen-bond acceptors (Lipinski definition) is 2. The van der Waals surface area contributed by atoms with E-state index in [2.05, 4.69) is 5.43 Å². The summed E-state index contributed by atoms with van der Waals surface area (Å²) in [6, 6.07) is 15.0. The molecule has 1 N–H and O–H groups in total. The van der Waals surface area contributed by atoms with E-state index in [0.29, 0.717) is 18.6 Å². The second-order valence-corrected chi connectivity index (χ2v) is 5.58. The third kappa shape index (κ3) is 4.57. The number of hydrogen-bond donors (Lipinski definition) is 1. The van der Waals surface area contributed by atoms with Crippen LogP contribution in [0, 0.1) is 13.8 Å². The van der Waals surface area contributed by atoms with E-state index in [1.54, 1.807) is 7.05 Å². The Labute approximate surface area is 136 Å². The number of aryl methyl sites for hydroxylation is 2. The number of amides is 3. The minimum Gasteiger partial charge on any atom is -0.322 e. The van der Waals surface area contributed by atoms with Crippen LogP contribution in [0.2, 0.25) is 0 Å². The van der Waals surface area contributed by atoms with Crippen LogP contribution in [0.25, 0.3) is 0 Å². The molecule has 0 aromatic heterocycles. The molecule has 0 aliphatic carbocycles. The highest BCUT2D eigenvalue weighted by Gasteiger charge is 2.14. The summed E-state index contributed by atoms with van der Waals surface area (Å²) in [6.07, 6.45) is 0.600. The molecule has 5 nitrogen and oxygen atoms in total. The van der Waals surface area contributed by atoms with Crippen LogP contribution in [-0.4, -0.2) is 24.4 Å². The summed E-state index contributed by atoms with van der Waals surface area (Å²) in [7, 11) is 1.69. The summed E-state index contributed by atoms with van der Waals surface area (Å²) in [5.41, 5.74) is 6.32. The maximum absolute atomic E-state index is 12.3. The maximum atomic E-state index is 12.3. The first-order chi connectivity index (χ1) is 11.0. The van der Waals surface area contributed by atoms with Gasteiger partial charge in [-0.25, -0.2) is 15.2 Å². The molecule has 2 aromatic rings. The van der Waals surface area contributed by atoms with Gasteiger partial charge >= 0.3 is 6.03 Å². The molecule has 0 atom stereocenters. The van der Waals surface area contributed by atoms with Crippen molar-refractivity contribution < 1.29 is 9.59 Å². The maximum Gasteiger partial charge on any atom is 0.336 e. The number of nitrogens with one attached hydrogen (secondary N) is 1. The molecule has 0 bridgehead atoms. The van der Waals surface area contributed by atoms with Crippen LogP contribution in [0.5, 0.6) is 0 Å². The lowest BCUT2D eigenvalue weighted by Gasteiger charge is -2.24. The number of rotatable bonds is 5. The van der Waals surface area contributed by atoms with Crippen molar-refractivity contribution in [1.82, 2.24) is 10.3 Å². The van der Waals surface area contributed by atoms with E-state index in [-0.39, 0.29) is 6.03 Å². The van der Waals surface area contributed by atoms with E-state index in [0.717, 1.165) is 16.7 Å². The number of carbonyl (C=O) groups is 2. The molecule has 0 saturated carbocycles. The molecular weight excluding hydrogens is 290 g/mol. The van der Waals surface area contributed by atoms with Crippen molar-refractivity contribution in [2.24, 2.45) is 0 Å². The average Bonchev–Trinajstić information content (AvgIpc) is 2.52. The number of urea groups is 1. The van der Waals surface area contributed by atoms with Crippen LogP contribution < -0.4 is 10.4 Å². The average molecular weight is 311 g/mol. The van der Waals surface area contributed by atoms with Crippen LogP contribution in [0.1, 0.15) is 16.7 Å². The smallest absolute Gasteiger partial charge is 0.322 e. The summed E-state index contributed by atoms with van der Waals surface area (Å²) in [6.45, 7) is 4.36. The fraction of sp³-hybridized carbons (Fsp3) is 0.222. The minimum atomic E-state index is -0.347. The Morgan fingerprint density at radius 2 is 1.70 bits per heavy atom. The standard InChI is InChI=1S/C18H21N3O2/c1-14-9-15(2)11-17(10-14)21(13-22)19-18(23)20(3)12-16-7-5-4-6-8-16/h4-11,13H,12H2,1-3H3,(H,19,23). The van der Waals surface area contributed by atoms with Gasteiger partial charge in [0.25, 0.3) is 0 Å². The second kappa shape index (κ2) is 7.45. The van der Waals surface area contributed by atoms with Gasteiger partial charge in [0.2, 0.25) is 6.41 Å². The Bertz CT molecular complexity index is 666. The molecule has 0 spiro atoms. The number of hydrazine groups is 1. The Balaban J connectivity index is 2.05. The van der Waals surface area contributed by atoms with Crippen molar-refractivity contribution in [3.05, 3.63) is 65.2 Å². The fourth-order valence-corrected chi connectivity index (χ4v) is 2.36. The van der Waals surface area contributed by atoms with E-state index < -0.39 is 0 Å². The topological polar surface area (TPSA) is 52.7 Å². The van der Waals surface area contributed by atoms with Crippen molar-refractivity contribution in [3.8, 4) is 0 Å². The minimum absolute atomic E-state index is 0.347. The molecule has 0 unspecified atom stereocenters. The molecule has 2 rings (SSSR count). The lowest BCUT2D eigenvalue weighted by molar-refractivity contribution is -0.107. The molecule has 23 heavy (non-hydrogen) atoms. The number of carbonyl (C=O) groups excluding carboxylic acids is 2. The van der Waals surface area contributed by atoms with Crippen molar-refractivity contribution >= 4 is 18.1 Å². The van der Waals surface area contributed by atoms with E-state index >= 15 is 0 Å². The molecule has 0 saturated heterocycles. The Morgan fingerprint density at radius 3 is 2.26 bits per heavy atom. The van der Waals surface area contributed by atoms with E-state index in [9.17, 15) is 9.59 Å². The molecule has 0 aliphatic heterocycles. The van der Waals surface area contributed by atoms with Gasteiger partial charge in [-0.3, -0.25) is 4.79 Å². The van der Waals surface area contributed by atoms with E-state index in [1.807, 2.05) is 62.4 Å². The largest absolute Gasteiger partial charge is 0.336 e. The third-order valence-corrected chi connectivity index (χ3v) is 3.42. The zero-order valence-electron chi connectivity index (χ0n) is 13.6. The van der Waals surface area contributed by atoms with Gasteiger partial charge in [0.05, 0.1) is 5.69 Å². The summed E-state index contributed by atoms with van der Waals surface area (Å²) < 4.78 is 0. The van der Waals surface area contributed by atoms with Crippen LogP contribution >= 0.6 is 0 Å². The SMILES string of the molecule is Cc1cc(C)cc(N(C=O)NC(=O)N(C)Cc2ccccc2)c1. The highest BCUT2D eigenvalue weighted by molar-refractivity contribution is 5.84. The summed E-state index contributed by atoms with van der Waals surface area (Å²) in [5, 5.41) is 1.20. The van der Waals surface area contributed by atoms with Gasteiger partial charge < -0.3 is 4.90 Å². The normalized spacial score (nSPS) is 10.0. The molecular formula is C18H21N3O2. The lowest BCUT2D eigenvalue weighted by atomic mass is 10.1. The highest BCUT2D eigenvalue weighted by Crippen LogP contribution is 2.16. The first-order valence-corrected chi connectivity index (χ1v) is 7.38. The predicted octanol–water partition coefficient (Wildman–Crippen LogP) is 3.02. The second-order valence-electron chi connectivity index (χ2n) is 5.58. The van der Waals surface area contributed by atoms with Crippen molar-refractivity contribution in [3.63, 3.8) is 0 Å². The fourth-order valence-electron chi connectivity index (χ4n) is 2.36. The molecule has 0 fully saturated rings. The van der Waals surface area contributed by atoms with E-state index in [1.165, 1.54) is 9.91 Å². The Morgan fingerprint density at radius 1 is 1.09 bits per heavy atom. The molecule has 0 heterocycles. The van der Waals surface area contributed by atoms with Crippen LogP contribution in [-0.2, 0) is 11.3 Å². The zero-order chi connectivity index (χ0) is 16.8. The quantitative estimate of drug-likeness (QED) is 0.681. The van der Waals surface area contributed by atoms with Crippen LogP contribution in [0.3, 0.4) is 0 Å². The molecule has 3 amide bonds. The molecule has 5 heteroatoms. The highest BCUT2D eigenvalue weighted by atomic mass is 16.2.